The van der Waals surface area contributed by atoms with E-state index >= 15 is 0 Å². The first-order chi connectivity index (χ1) is 5.86. The predicted octanol–water partition coefficient (Wildman–Crippen LogP) is 3.87. The second kappa shape index (κ2) is 3.28. The van der Waals surface area contributed by atoms with Crippen LogP contribution in [0.25, 0.3) is 5.57 Å². The summed E-state index contributed by atoms with van der Waals surface area (Å²) in [6.07, 6.45) is 6.91. The van der Waals surface area contributed by atoms with Gasteiger partial charge in [0.2, 0.25) is 0 Å². The second-order valence-electron chi connectivity index (χ2n) is 3.22. The molecular weight excluding hydrogens is 164 g/mol. The minimum Gasteiger partial charge on any atom is -0.152 e. The van der Waals surface area contributed by atoms with E-state index in [4.69, 9.17) is 0 Å². The van der Waals surface area contributed by atoms with Crippen molar-refractivity contribution in [3.8, 4) is 0 Å². The Kier molecular flexibility index (Phi) is 2.13. The van der Waals surface area contributed by atoms with Crippen LogP contribution in [-0.2, 0) is 0 Å². The van der Waals surface area contributed by atoms with E-state index in [1.165, 1.54) is 29.6 Å². The van der Waals surface area contributed by atoms with Crippen LogP contribution in [0.4, 0.5) is 0 Å². The monoisotopic (exact) mass is 176 g/mol. The minimum absolute atomic E-state index is 1.21. The first-order valence-corrected chi connectivity index (χ1v) is 5.19. The molecule has 1 heteroatoms. The number of hydrogen-bond acceptors (Lipinski definition) is 1. The smallest absolute Gasteiger partial charge is 0.00180 e. The zero-order valence-electron chi connectivity index (χ0n) is 7.21. The normalized spacial score (nSPS) is 17.1. The van der Waals surface area contributed by atoms with Crippen molar-refractivity contribution < 1.29 is 0 Å². The number of rotatable bonds is 1. The summed E-state index contributed by atoms with van der Waals surface area (Å²) in [7, 11) is 0. The molecule has 0 unspecified atom stereocenters. The molecular formula is C11H12S. The van der Waals surface area contributed by atoms with Gasteiger partial charge in [-0.2, -0.15) is 11.3 Å². The highest BCUT2D eigenvalue weighted by molar-refractivity contribution is 7.08. The Morgan fingerprint density at radius 2 is 2.17 bits per heavy atom. The van der Waals surface area contributed by atoms with Gasteiger partial charge in [0.1, 0.15) is 0 Å². The molecule has 0 saturated carbocycles. The van der Waals surface area contributed by atoms with E-state index < -0.39 is 0 Å². The van der Waals surface area contributed by atoms with Crippen LogP contribution in [0.1, 0.15) is 25.3 Å². The third-order valence-electron chi connectivity index (χ3n) is 2.25. The average Bonchev–Trinajstić information content (AvgIpc) is 2.58. The molecule has 2 rings (SSSR count). The summed E-state index contributed by atoms with van der Waals surface area (Å²) >= 11 is 1.77. The molecule has 0 fully saturated rings. The lowest BCUT2D eigenvalue weighted by Crippen LogP contribution is -1.88. The van der Waals surface area contributed by atoms with Crippen LogP contribution in [0.5, 0.6) is 0 Å². The molecule has 0 radical (unpaired) electrons. The van der Waals surface area contributed by atoms with Gasteiger partial charge in [0.25, 0.3) is 0 Å². The van der Waals surface area contributed by atoms with E-state index in [2.05, 4.69) is 35.9 Å². The van der Waals surface area contributed by atoms with Crippen molar-refractivity contribution in [1.82, 2.24) is 0 Å². The van der Waals surface area contributed by atoms with E-state index in [0.717, 1.165) is 0 Å². The van der Waals surface area contributed by atoms with Gasteiger partial charge in [-0.1, -0.05) is 17.7 Å². The molecule has 0 aliphatic heterocycles. The van der Waals surface area contributed by atoms with E-state index in [9.17, 15) is 0 Å². The molecule has 0 bridgehead atoms. The Morgan fingerprint density at radius 3 is 2.75 bits per heavy atom. The fraction of sp³-hybridized carbons (Fsp3) is 0.273. The SMILES string of the molecule is CC1=CC=C(c2ccsc2)CC1. The summed E-state index contributed by atoms with van der Waals surface area (Å²) < 4.78 is 0. The lowest BCUT2D eigenvalue weighted by molar-refractivity contribution is 0.978. The first kappa shape index (κ1) is 7.81. The predicted molar refractivity (Wildman–Crippen MR) is 55.3 cm³/mol. The standard InChI is InChI=1S/C11H12S/c1-9-2-4-10(5-3-9)11-6-7-12-8-11/h2,4,6-8H,3,5H2,1H3. The molecule has 1 aliphatic rings. The van der Waals surface area contributed by atoms with E-state index in [0.29, 0.717) is 0 Å². The maximum Gasteiger partial charge on any atom is -0.00180 e. The van der Waals surface area contributed by atoms with Crippen LogP contribution < -0.4 is 0 Å². The van der Waals surface area contributed by atoms with Gasteiger partial charge in [-0.25, -0.2) is 0 Å². The number of thiophene rings is 1. The Balaban J connectivity index is 2.27. The molecule has 1 aromatic rings. The maximum absolute atomic E-state index is 2.25. The van der Waals surface area contributed by atoms with Crippen molar-refractivity contribution in [2.45, 2.75) is 19.8 Å². The summed E-state index contributed by atoms with van der Waals surface area (Å²) in [6, 6.07) is 2.20. The summed E-state index contributed by atoms with van der Waals surface area (Å²) in [4.78, 5) is 0. The Hall–Kier alpha value is -0.820. The molecule has 1 aromatic heterocycles. The Bertz CT molecular complexity index is 315. The second-order valence-corrected chi connectivity index (χ2v) is 4.00. The molecule has 0 nitrogen and oxygen atoms in total. The summed E-state index contributed by atoms with van der Waals surface area (Å²) in [5.41, 5.74) is 4.39. The zero-order valence-corrected chi connectivity index (χ0v) is 8.03. The van der Waals surface area contributed by atoms with Crippen molar-refractivity contribution in [1.29, 1.82) is 0 Å². The quantitative estimate of drug-likeness (QED) is 0.609. The van der Waals surface area contributed by atoms with E-state index in [1.54, 1.807) is 11.3 Å². The third-order valence-corrected chi connectivity index (χ3v) is 2.93. The maximum atomic E-state index is 2.25. The number of hydrogen-bond donors (Lipinski definition) is 0. The van der Waals surface area contributed by atoms with Gasteiger partial charge < -0.3 is 0 Å². The highest BCUT2D eigenvalue weighted by Crippen LogP contribution is 2.27. The van der Waals surface area contributed by atoms with Crippen LogP contribution in [0.15, 0.2) is 34.6 Å². The minimum atomic E-state index is 1.21. The van der Waals surface area contributed by atoms with Crippen molar-refractivity contribution in [2.75, 3.05) is 0 Å². The highest BCUT2D eigenvalue weighted by Gasteiger charge is 2.05. The van der Waals surface area contributed by atoms with E-state index in [-0.39, 0.29) is 0 Å². The zero-order chi connectivity index (χ0) is 8.39. The molecule has 0 N–H and O–H groups in total. The first-order valence-electron chi connectivity index (χ1n) is 4.25. The van der Waals surface area contributed by atoms with Crippen molar-refractivity contribution in [3.63, 3.8) is 0 Å². The van der Waals surface area contributed by atoms with Gasteiger partial charge in [-0.15, -0.1) is 0 Å². The fourth-order valence-corrected chi connectivity index (χ4v) is 2.11. The van der Waals surface area contributed by atoms with Crippen molar-refractivity contribution in [3.05, 3.63) is 40.1 Å². The molecule has 0 aromatic carbocycles. The lowest BCUT2D eigenvalue weighted by Gasteiger charge is -2.10. The van der Waals surface area contributed by atoms with Gasteiger partial charge >= 0.3 is 0 Å². The van der Waals surface area contributed by atoms with Crippen LogP contribution in [0.2, 0.25) is 0 Å². The van der Waals surface area contributed by atoms with Crippen LogP contribution in [-0.4, -0.2) is 0 Å². The van der Waals surface area contributed by atoms with Crippen molar-refractivity contribution in [2.24, 2.45) is 0 Å². The molecule has 1 heterocycles. The molecule has 1 aliphatic carbocycles. The molecule has 12 heavy (non-hydrogen) atoms. The largest absolute Gasteiger partial charge is 0.152 e. The fourth-order valence-electron chi connectivity index (χ4n) is 1.43. The summed E-state index contributed by atoms with van der Waals surface area (Å²) in [6.45, 7) is 2.20. The highest BCUT2D eigenvalue weighted by atomic mass is 32.1. The molecule has 62 valence electrons. The van der Waals surface area contributed by atoms with Gasteiger partial charge in [0.05, 0.1) is 0 Å². The molecule has 0 saturated heterocycles. The average molecular weight is 176 g/mol. The van der Waals surface area contributed by atoms with Gasteiger partial charge in [-0.3, -0.25) is 0 Å². The molecule has 0 atom stereocenters. The summed E-state index contributed by atoms with van der Waals surface area (Å²) in [5.74, 6) is 0. The van der Waals surface area contributed by atoms with Crippen LogP contribution in [0.3, 0.4) is 0 Å². The Labute approximate surface area is 77.2 Å². The van der Waals surface area contributed by atoms with E-state index in [1.807, 2.05) is 0 Å². The molecule has 0 spiro atoms. The van der Waals surface area contributed by atoms with Crippen LogP contribution >= 0.6 is 11.3 Å². The number of allylic oxidation sites excluding steroid dienone is 4. The van der Waals surface area contributed by atoms with Crippen LogP contribution in [0, 0.1) is 0 Å². The third kappa shape index (κ3) is 1.51. The summed E-state index contributed by atoms with van der Waals surface area (Å²) in [5, 5.41) is 4.36. The van der Waals surface area contributed by atoms with Gasteiger partial charge in [0, 0.05) is 0 Å². The van der Waals surface area contributed by atoms with Gasteiger partial charge in [0.15, 0.2) is 0 Å². The topological polar surface area (TPSA) is 0 Å². The van der Waals surface area contributed by atoms with Gasteiger partial charge in [-0.05, 0) is 47.7 Å². The van der Waals surface area contributed by atoms with Crippen molar-refractivity contribution >= 4 is 16.9 Å². The lowest BCUT2D eigenvalue weighted by atomic mass is 9.96. The molecule has 0 amide bonds. The Morgan fingerprint density at radius 1 is 1.25 bits per heavy atom.